The van der Waals surface area contributed by atoms with E-state index in [1.54, 1.807) is 38.1 Å². The number of ether oxygens (including phenoxy) is 1. The van der Waals surface area contributed by atoms with Gasteiger partial charge in [-0.05, 0) is 32.9 Å². The summed E-state index contributed by atoms with van der Waals surface area (Å²) in [7, 11) is 0. The molecule has 0 aromatic heterocycles. The molecule has 24 heavy (non-hydrogen) atoms. The summed E-state index contributed by atoms with van der Waals surface area (Å²) >= 11 is 0. The lowest BCUT2D eigenvalue weighted by atomic mass is 10.2. The van der Waals surface area contributed by atoms with Gasteiger partial charge in [0.15, 0.2) is 0 Å². The largest absolute Gasteiger partial charge is 0.493 e. The molecule has 2 amide bonds. The zero-order valence-electron chi connectivity index (χ0n) is 14.2. The smallest absolute Gasteiger partial charge is 0.305 e. The Morgan fingerprint density at radius 2 is 1.92 bits per heavy atom. The Labute approximate surface area is 141 Å². The fourth-order valence-corrected chi connectivity index (χ4v) is 2.18. The second kappa shape index (κ2) is 9.54. The zero-order chi connectivity index (χ0) is 18.1. The van der Waals surface area contributed by atoms with Gasteiger partial charge in [0.2, 0.25) is 5.91 Å². The first kappa shape index (κ1) is 19.5. The Hall–Kier alpha value is -2.57. The molecule has 0 bridgehead atoms. The third-order valence-electron chi connectivity index (χ3n) is 3.34. The molecule has 7 heteroatoms. The van der Waals surface area contributed by atoms with E-state index in [1.165, 1.54) is 4.90 Å². The fourth-order valence-electron chi connectivity index (χ4n) is 2.18. The number of hydrogen-bond donors (Lipinski definition) is 2. The highest BCUT2D eigenvalue weighted by Gasteiger charge is 2.19. The van der Waals surface area contributed by atoms with Gasteiger partial charge in [-0.2, -0.15) is 0 Å². The maximum atomic E-state index is 12.2. The number of benzene rings is 1. The van der Waals surface area contributed by atoms with E-state index in [2.05, 4.69) is 5.32 Å². The summed E-state index contributed by atoms with van der Waals surface area (Å²) in [4.78, 5) is 36.6. The van der Waals surface area contributed by atoms with Crippen LogP contribution in [0.3, 0.4) is 0 Å². The van der Waals surface area contributed by atoms with Gasteiger partial charge in [0.05, 0.1) is 25.1 Å². The number of nitrogens with one attached hydrogen (secondary N) is 1. The minimum Gasteiger partial charge on any atom is -0.493 e. The van der Waals surface area contributed by atoms with Crippen molar-refractivity contribution in [3.63, 3.8) is 0 Å². The Morgan fingerprint density at radius 3 is 2.50 bits per heavy atom. The van der Waals surface area contributed by atoms with Crippen LogP contribution in [-0.4, -0.2) is 53.5 Å². The van der Waals surface area contributed by atoms with Gasteiger partial charge in [0, 0.05) is 12.6 Å². The van der Waals surface area contributed by atoms with Gasteiger partial charge in [-0.15, -0.1) is 0 Å². The molecule has 2 N–H and O–H groups in total. The molecule has 0 atom stereocenters. The van der Waals surface area contributed by atoms with Crippen molar-refractivity contribution in [2.24, 2.45) is 0 Å². The standard InChI is InChI=1S/C17H24N2O5/c1-4-24-14-8-6-5-7-13(14)17(23)18-11-15(20)19(12(2)3)10-9-16(21)22/h5-8,12H,4,9-11H2,1-3H3,(H,18,23)(H,21,22). The highest BCUT2D eigenvalue weighted by molar-refractivity contribution is 5.98. The van der Waals surface area contributed by atoms with E-state index in [1.807, 2.05) is 6.92 Å². The fraction of sp³-hybridized carbons (Fsp3) is 0.471. The lowest BCUT2D eigenvalue weighted by molar-refractivity contribution is -0.138. The first-order valence-electron chi connectivity index (χ1n) is 7.88. The third-order valence-corrected chi connectivity index (χ3v) is 3.34. The summed E-state index contributed by atoms with van der Waals surface area (Å²) in [6, 6.07) is 6.64. The number of nitrogens with zero attached hydrogens (tertiary/aromatic N) is 1. The number of carbonyl (C=O) groups is 3. The summed E-state index contributed by atoms with van der Waals surface area (Å²) in [6.07, 6.45) is -0.134. The van der Waals surface area contributed by atoms with Crippen molar-refractivity contribution >= 4 is 17.8 Å². The predicted molar refractivity (Wildman–Crippen MR) is 89.0 cm³/mol. The quantitative estimate of drug-likeness (QED) is 0.713. The number of carbonyl (C=O) groups excluding carboxylic acids is 2. The first-order chi connectivity index (χ1) is 11.4. The normalized spacial score (nSPS) is 10.3. The Bertz CT molecular complexity index is 586. The molecule has 0 aliphatic heterocycles. The number of para-hydroxylation sites is 1. The molecule has 0 aliphatic carbocycles. The van der Waals surface area contributed by atoms with Crippen LogP contribution in [0.5, 0.6) is 5.75 Å². The molecular weight excluding hydrogens is 312 g/mol. The highest BCUT2D eigenvalue weighted by Crippen LogP contribution is 2.17. The van der Waals surface area contributed by atoms with Crippen LogP contribution in [0.4, 0.5) is 0 Å². The summed E-state index contributed by atoms with van der Waals surface area (Å²) in [5.41, 5.74) is 0.355. The first-order valence-corrected chi connectivity index (χ1v) is 7.88. The average molecular weight is 336 g/mol. The second-order valence-electron chi connectivity index (χ2n) is 5.44. The van der Waals surface area contributed by atoms with Gasteiger partial charge in [0.25, 0.3) is 5.91 Å². The molecule has 1 rings (SSSR count). The predicted octanol–water partition coefficient (Wildman–Crippen LogP) is 1.53. The molecule has 0 unspecified atom stereocenters. The number of aliphatic carboxylic acids is 1. The molecule has 0 saturated heterocycles. The van der Waals surface area contributed by atoms with Gasteiger partial charge in [-0.25, -0.2) is 0 Å². The van der Waals surface area contributed by atoms with E-state index < -0.39 is 11.9 Å². The SMILES string of the molecule is CCOc1ccccc1C(=O)NCC(=O)N(CCC(=O)O)C(C)C. The molecule has 0 radical (unpaired) electrons. The van der Waals surface area contributed by atoms with Crippen molar-refractivity contribution in [1.82, 2.24) is 10.2 Å². The monoisotopic (exact) mass is 336 g/mol. The molecule has 0 spiro atoms. The van der Waals surface area contributed by atoms with E-state index in [9.17, 15) is 14.4 Å². The molecule has 1 aromatic carbocycles. The van der Waals surface area contributed by atoms with E-state index in [4.69, 9.17) is 9.84 Å². The van der Waals surface area contributed by atoms with Crippen LogP contribution in [0.1, 0.15) is 37.6 Å². The van der Waals surface area contributed by atoms with Gasteiger partial charge < -0.3 is 20.1 Å². The summed E-state index contributed by atoms with van der Waals surface area (Å²) in [5.74, 6) is -1.25. The molecule has 0 fully saturated rings. The molecule has 0 heterocycles. The van der Waals surface area contributed by atoms with Crippen molar-refractivity contribution < 1.29 is 24.2 Å². The van der Waals surface area contributed by atoms with Crippen molar-refractivity contribution in [1.29, 1.82) is 0 Å². The molecule has 132 valence electrons. The van der Waals surface area contributed by atoms with Crippen molar-refractivity contribution in [2.75, 3.05) is 19.7 Å². The third kappa shape index (κ3) is 5.91. The number of carboxylic acid groups (broad SMARTS) is 1. The summed E-state index contributed by atoms with van der Waals surface area (Å²) < 4.78 is 5.39. The molecule has 0 aliphatic rings. The number of carboxylic acids is 1. The van der Waals surface area contributed by atoms with Crippen LogP contribution in [0.2, 0.25) is 0 Å². The van der Waals surface area contributed by atoms with E-state index in [-0.39, 0.29) is 31.5 Å². The van der Waals surface area contributed by atoms with Gasteiger partial charge in [0.1, 0.15) is 5.75 Å². The molecular formula is C17H24N2O5. The summed E-state index contributed by atoms with van der Waals surface area (Å²) in [6.45, 7) is 5.76. The minimum atomic E-state index is -0.969. The summed E-state index contributed by atoms with van der Waals surface area (Å²) in [5, 5.41) is 11.3. The van der Waals surface area contributed by atoms with E-state index >= 15 is 0 Å². The van der Waals surface area contributed by atoms with E-state index in [0.29, 0.717) is 17.9 Å². The van der Waals surface area contributed by atoms with Crippen LogP contribution >= 0.6 is 0 Å². The lowest BCUT2D eigenvalue weighted by Gasteiger charge is -2.26. The number of amides is 2. The Kier molecular flexibility index (Phi) is 7.74. The molecule has 1 aromatic rings. The van der Waals surface area contributed by atoms with Crippen LogP contribution in [0, 0.1) is 0 Å². The molecule has 0 saturated carbocycles. The Balaban J connectivity index is 2.68. The van der Waals surface area contributed by atoms with Crippen LogP contribution in [-0.2, 0) is 9.59 Å². The van der Waals surface area contributed by atoms with Crippen molar-refractivity contribution in [3.05, 3.63) is 29.8 Å². The van der Waals surface area contributed by atoms with Crippen LogP contribution in [0.15, 0.2) is 24.3 Å². The topological polar surface area (TPSA) is 95.9 Å². The van der Waals surface area contributed by atoms with Gasteiger partial charge in [-0.1, -0.05) is 12.1 Å². The van der Waals surface area contributed by atoms with Crippen LogP contribution < -0.4 is 10.1 Å². The maximum Gasteiger partial charge on any atom is 0.305 e. The van der Waals surface area contributed by atoms with E-state index in [0.717, 1.165) is 0 Å². The maximum absolute atomic E-state index is 12.2. The molecule has 7 nitrogen and oxygen atoms in total. The van der Waals surface area contributed by atoms with Gasteiger partial charge >= 0.3 is 5.97 Å². The average Bonchev–Trinajstić information content (AvgIpc) is 2.53. The van der Waals surface area contributed by atoms with Crippen molar-refractivity contribution in [3.8, 4) is 5.75 Å². The van der Waals surface area contributed by atoms with Gasteiger partial charge in [-0.3, -0.25) is 14.4 Å². The number of rotatable bonds is 9. The number of hydrogen-bond acceptors (Lipinski definition) is 4. The van der Waals surface area contributed by atoms with Crippen LogP contribution in [0.25, 0.3) is 0 Å². The Morgan fingerprint density at radius 1 is 1.25 bits per heavy atom. The highest BCUT2D eigenvalue weighted by atomic mass is 16.5. The zero-order valence-corrected chi connectivity index (χ0v) is 14.2. The minimum absolute atomic E-state index is 0.108. The second-order valence-corrected chi connectivity index (χ2v) is 5.44. The lowest BCUT2D eigenvalue weighted by Crippen LogP contribution is -2.44. The van der Waals surface area contributed by atoms with Crippen molar-refractivity contribution in [2.45, 2.75) is 33.2 Å².